The van der Waals surface area contributed by atoms with Crippen LogP contribution < -0.4 is 4.90 Å². The standard InChI is InChI=1S/C18H19N3O2/c1-3-4-10-21(2)16-8-7-13(11-14(16)12-19)17-15(18(22)23)6-5-9-20-17/h5-9,11H,3-4,10H2,1-2H3,(H,22,23). The number of unbranched alkanes of at least 4 members (excludes halogenated alkanes) is 1. The monoisotopic (exact) mass is 309 g/mol. The molecule has 0 atom stereocenters. The van der Waals surface area contributed by atoms with Crippen molar-refractivity contribution in [3.8, 4) is 17.3 Å². The molecular formula is C18H19N3O2. The highest BCUT2D eigenvalue weighted by molar-refractivity contribution is 5.95. The summed E-state index contributed by atoms with van der Waals surface area (Å²) < 4.78 is 0. The first kappa shape index (κ1) is 16.5. The van der Waals surface area contributed by atoms with Crippen molar-refractivity contribution in [3.05, 3.63) is 47.7 Å². The highest BCUT2D eigenvalue weighted by atomic mass is 16.4. The van der Waals surface area contributed by atoms with Gasteiger partial charge in [0.1, 0.15) is 6.07 Å². The fraction of sp³-hybridized carbons (Fsp3) is 0.278. The minimum absolute atomic E-state index is 0.128. The van der Waals surface area contributed by atoms with Gasteiger partial charge in [-0.1, -0.05) is 19.4 Å². The smallest absolute Gasteiger partial charge is 0.337 e. The van der Waals surface area contributed by atoms with Crippen LogP contribution in [0.5, 0.6) is 0 Å². The van der Waals surface area contributed by atoms with Crippen LogP contribution in [0.1, 0.15) is 35.7 Å². The summed E-state index contributed by atoms with van der Waals surface area (Å²) in [5.41, 5.74) is 2.50. The van der Waals surface area contributed by atoms with Crippen LogP contribution in [-0.4, -0.2) is 29.7 Å². The third-order valence-electron chi connectivity index (χ3n) is 3.69. The van der Waals surface area contributed by atoms with Gasteiger partial charge in [0, 0.05) is 25.4 Å². The van der Waals surface area contributed by atoms with Gasteiger partial charge in [-0.25, -0.2) is 4.79 Å². The molecule has 5 heteroatoms. The molecule has 0 saturated carbocycles. The molecule has 1 aromatic heterocycles. The first-order valence-corrected chi connectivity index (χ1v) is 7.52. The van der Waals surface area contributed by atoms with Crippen molar-refractivity contribution in [1.82, 2.24) is 4.98 Å². The minimum atomic E-state index is -1.03. The Hall–Kier alpha value is -2.87. The summed E-state index contributed by atoms with van der Waals surface area (Å²) in [6, 6.07) is 10.7. The zero-order valence-electron chi connectivity index (χ0n) is 13.3. The summed E-state index contributed by atoms with van der Waals surface area (Å²) in [6.45, 7) is 2.99. The molecule has 0 radical (unpaired) electrons. The van der Waals surface area contributed by atoms with E-state index in [0.717, 1.165) is 25.1 Å². The Balaban J connectivity index is 2.44. The van der Waals surface area contributed by atoms with Crippen LogP contribution in [0.2, 0.25) is 0 Å². The van der Waals surface area contributed by atoms with Crippen LogP contribution in [0.15, 0.2) is 36.5 Å². The van der Waals surface area contributed by atoms with E-state index in [4.69, 9.17) is 0 Å². The quantitative estimate of drug-likeness (QED) is 0.883. The van der Waals surface area contributed by atoms with Gasteiger partial charge in [-0.3, -0.25) is 4.98 Å². The predicted molar refractivity (Wildman–Crippen MR) is 89.5 cm³/mol. The summed E-state index contributed by atoms with van der Waals surface area (Å²) in [7, 11) is 1.95. The first-order valence-electron chi connectivity index (χ1n) is 7.52. The number of nitriles is 1. The number of carboxylic acid groups (broad SMARTS) is 1. The molecule has 2 aromatic rings. The topological polar surface area (TPSA) is 77.2 Å². The number of carbonyl (C=O) groups is 1. The SMILES string of the molecule is CCCCN(C)c1ccc(-c2ncccc2C(=O)O)cc1C#N. The van der Waals surface area contributed by atoms with Crippen molar-refractivity contribution in [3.63, 3.8) is 0 Å². The van der Waals surface area contributed by atoms with Gasteiger partial charge in [-0.05, 0) is 30.7 Å². The number of aromatic carboxylic acids is 1. The van der Waals surface area contributed by atoms with Gasteiger partial charge in [0.15, 0.2) is 0 Å². The van der Waals surface area contributed by atoms with E-state index < -0.39 is 5.97 Å². The molecule has 0 aliphatic heterocycles. The van der Waals surface area contributed by atoms with E-state index in [1.54, 1.807) is 18.3 Å². The Kier molecular flexibility index (Phi) is 5.32. The van der Waals surface area contributed by atoms with Gasteiger partial charge in [0.25, 0.3) is 0 Å². The van der Waals surface area contributed by atoms with Crippen molar-refractivity contribution in [1.29, 1.82) is 5.26 Å². The van der Waals surface area contributed by atoms with Crippen LogP contribution >= 0.6 is 0 Å². The summed E-state index contributed by atoms with van der Waals surface area (Å²) in [5, 5.41) is 18.7. The Labute approximate surface area is 135 Å². The molecule has 0 unspecified atom stereocenters. The second-order valence-electron chi connectivity index (χ2n) is 5.32. The molecule has 1 N–H and O–H groups in total. The number of aromatic nitrogens is 1. The number of nitrogens with zero attached hydrogens (tertiary/aromatic N) is 3. The van der Waals surface area contributed by atoms with Gasteiger partial charge in [-0.15, -0.1) is 0 Å². The van der Waals surface area contributed by atoms with Crippen molar-refractivity contribution in [2.45, 2.75) is 19.8 Å². The van der Waals surface area contributed by atoms with Crippen LogP contribution in [0.3, 0.4) is 0 Å². The highest BCUT2D eigenvalue weighted by Gasteiger charge is 2.15. The van der Waals surface area contributed by atoms with Crippen molar-refractivity contribution in [2.24, 2.45) is 0 Å². The molecule has 0 aliphatic rings. The van der Waals surface area contributed by atoms with E-state index in [2.05, 4.69) is 18.0 Å². The maximum absolute atomic E-state index is 11.3. The Bertz CT molecular complexity index is 750. The van der Waals surface area contributed by atoms with E-state index in [9.17, 15) is 15.2 Å². The van der Waals surface area contributed by atoms with E-state index in [0.29, 0.717) is 16.8 Å². The molecule has 0 amide bonds. The minimum Gasteiger partial charge on any atom is -0.478 e. The summed E-state index contributed by atoms with van der Waals surface area (Å²) in [6.07, 6.45) is 3.68. The largest absolute Gasteiger partial charge is 0.478 e. The average molecular weight is 309 g/mol. The number of hydrogen-bond donors (Lipinski definition) is 1. The highest BCUT2D eigenvalue weighted by Crippen LogP contribution is 2.27. The number of carboxylic acids is 1. The molecule has 0 aliphatic carbocycles. The first-order chi connectivity index (χ1) is 11.1. The second-order valence-corrected chi connectivity index (χ2v) is 5.32. The summed E-state index contributed by atoms with van der Waals surface area (Å²) >= 11 is 0. The molecule has 118 valence electrons. The molecule has 1 heterocycles. The lowest BCUT2D eigenvalue weighted by molar-refractivity contribution is 0.0697. The van der Waals surface area contributed by atoms with E-state index in [-0.39, 0.29) is 5.56 Å². The number of anilines is 1. The van der Waals surface area contributed by atoms with Crippen LogP contribution in [0.4, 0.5) is 5.69 Å². The second kappa shape index (κ2) is 7.41. The fourth-order valence-electron chi connectivity index (χ4n) is 2.43. The van der Waals surface area contributed by atoms with Crippen LogP contribution in [0, 0.1) is 11.3 Å². The lowest BCUT2D eigenvalue weighted by Crippen LogP contribution is -2.19. The number of rotatable bonds is 6. The Morgan fingerprint density at radius 3 is 2.83 bits per heavy atom. The van der Waals surface area contributed by atoms with Crippen molar-refractivity contribution < 1.29 is 9.90 Å². The van der Waals surface area contributed by atoms with Crippen LogP contribution in [0.25, 0.3) is 11.3 Å². The lowest BCUT2D eigenvalue weighted by Gasteiger charge is -2.20. The zero-order valence-corrected chi connectivity index (χ0v) is 13.3. The average Bonchev–Trinajstić information content (AvgIpc) is 2.59. The maximum Gasteiger partial charge on any atom is 0.337 e. The predicted octanol–water partition coefficient (Wildman–Crippen LogP) is 3.55. The van der Waals surface area contributed by atoms with E-state index in [1.807, 2.05) is 24.1 Å². The Morgan fingerprint density at radius 2 is 2.17 bits per heavy atom. The Morgan fingerprint density at radius 1 is 1.39 bits per heavy atom. The summed E-state index contributed by atoms with van der Waals surface area (Å²) in [4.78, 5) is 17.5. The van der Waals surface area contributed by atoms with Gasteiger partial charge >= 0.3 is 5.97 Å². The molecule has 2 rings (SSSR count). The van der Waals surface area contributed by atoms with Gasteiger partial charge in [-0.2, -0.15) is 5.26 Å². The van der Waals surface area contributed by atoms with Gasteiger partial charge in [0.05, 0.1) is 22.5 Å². The molecule has 0 bridgehead atoms. The third-order valence-corrected chi connectivity index (χ3v) is 3.69. The van der Waals surface area contributed by atoms with E-state index in [1.165, 1.54) is 6.07 Å². The third kappa shape index (κ3) is 3.67. The fourth-order valence-corrected chi connectivity index (χ4v) is 2.43. The lowest BCUT2D eigenvalue weighted by atomic mass is 10.0. The van der Waals surface area contributed by atoms with Crippen LogP contribution in [-0.2, 0) is 0 Å². The molecule has 1 aromatic carbocycles. The van der Waals surface area contributed by atoms with Crippen molar-refractivity contribution in [2.75, 3.05) is 18.5 Å². The number of benzene rings is 1. The molecular weight excluding hydrogens is 290 g/mol. The zero-order chi connectivity index (χ0) is 16.8. The summed E-state index contributed by atoms with van der Waals surface area (Å²) in [5.74, 6) is -1.03. The molecule has 0 spiro atoms. The van der Waals surface area contributed by atoms with Crippen molar-refractivity contribution >= 4 is 11.7 Å². The van der Waals surface area contributed by atoms with E-state index >= 15 is 0 Å². The normalized spacial score (nSPS) is 10.1. The molecule has 5 nitrogen and oxygen atoms in total. The molecule has 0 saturated heterocycles. The number of hydrogen-bond acceptors (Lipinski definition) is 4. The van der Waals surface area contributed by atoms with Gasteiger partial charge in [0.2, 0.25) is 0 Å². The number of pyridine rings is 1. The van der Waals surface area contributed by atoms with Gasteiger partial charge < -0.3 is 10.0 Å². The molecule has 23 heavy (non-hydrogen) atoms. The maximum atomic E-state index is 11.3. The molecule has 0 fully saturated rings.